The Morgan fingerprint density at radius 1 is 1.12 bits per heavy atom. The van der Waals surface area contributed by atoms with E-state index in [1.165, 1.54) is 7.05 Å². The highest BCUT2D eigenvalue weighted by molar-refractivity contribution is 6.01. The summed E-state index contributed by atoms with van der Waals surface area (Å²) < 4.78 is 20.1. The second-order valence-electron chi connectivity index (χ2n) is 5.87. The molecule has 2 rings (SSSR count). The van der Waals surface area contributed by atoms with Crippen molar-refractivity contribution in [2.75, 3.05) is 20.6 Å². The highest BCUT2D eigenvalue weighted by atomic mass is 16.7. The van der Waals surface area contributed by atoms with Crippen LogP contribution < -0.4 is 9.47 Å². The Labute approximate surface area is 145 Å². The number of Topliss-reactive ketones (excluding diaryl/α,β-unsaturated/α-hetero) is 1. The van der Waals surface area contributed by atoms with E-state index < -0.39 is 24.9 Å². The van der Waals surface area contributed by atoms with Crippen molar-refractivity contribution in [3.63, 3.8) is 0 Å². The molecule has 25 heavy (non-hydrogen) atoms. The lowest BCUT2D eigenvalue weighted by molar-refractivity contribution is -0.156. The van der Waals surface area contributed by atoms with Gasteiger partial charge in [0.25, 0.3) is 0 Å². The van der Waals surface area contributed by atoms with E-state index in [0.717, 1.165) is 4.90 Å². The molecule has 1 aromatic carbocycles. The average molecular weight is 351 g/mol. The number of amides is 1. The number of nitrogens with zero attached hydrogens (tertiary/aromatic N) is 1. The van der Waals surface area contributed by atoms with E-state index in [-0.39, 0.29) is 18.5 Å². The standard InChI is InChI=1S/C17H21NO7/c1-10(2)16(20)24-9-25-17(21)18(4)11(3)15(19)12-5-6-13-14(7-12)23-8-22-13/h5-7,10-11H,8-9H2,1-4H3. The normalized spacial score (nSPS) is 13.3. The summed E-state index contributed by atoms with van der Waals surface area (Å²) in [6, 6.07) is 4.06. The number of likely N-dealkylation sites (N-methyl/N-ethyl adjacent to an activating group) is 1. The number of fused-ring (bicyclic) bond motifs is 1. The molecule has 1 amide bonds. The summed E-state index contributed by atoms with van der Waals surface area (Å²) in [5.41, 5.74) is 0.391. The topological polar surface area (TPSA) is 91.4 Å². The molecule has 0 aromatic heterocycles. The van der Waals surface area contributed by atoms with Crippen LogP contribution in [0.1, 0.15) is 31.1 Å². The third kappa shape index (κ3) is 4.40. The van der Waals surface area contributed by atoms with Crippen molar-refractivity contribution < 1.29 is 33.3 Å². The number of carbonyl (C=O) groups excluding carboxylic acids is 3. The summed E-state index contributed by atoms with van der Waals surface area (Å²) in [6.45, 7) is 4.54. The molecule has 0 bridgehead atoms. The predicted molar refractivity (Wildman–Crippen MR) is 86.4 cm³/mol. The summed E-state index contributed by atoms with van der Waals surface area (Å²) in [5.74, 6) is -0.00684. The van der Waals surface area contributed by atoms with Crippen molar-refractivity contribution in [1.29, 1.82) is 0 Å². The second kappa shape index (κ2) is 7.87. The lowest BCUT2D eigenvalue weighted by Gasteiger charge is -2.23. The first-order valence-corrected chi connectivity index (χ1v) is 7.81. The molecule has 8 heteroatoms. The van der Waals surface area contributed by atoms with Crippen LogP contribution in [0.5, 0.6) is 11.5 Å². The van der Waals surface area contributed by atoms with Gasteiger partial charge in [0.15, 0.2) is 17.3 Å². The summed E-state index contributed by atoms with van der Waals surface area (Å²) >= 11 is 0. The number of hydrogen-bond acceptors (Lipinski definition) is 7. The molecular weight excluding hydrogens is 330 g/mol. The van der Waals surface area contributed by atoms with Gasteiger partial charge in [-0.05, 0) is 25.1 Å². The molecule has 0 fully saturated rings. The quantitative estimate of drug-likeness (QED) is 0.441. The average Bonchev–Trinajstić information content (AvgIpc) is 3.06. The molecule has 1 unspecified atom stereocenters. The molecule has 0 saturated heterocycles. The Hall–Kier alpha value is -2.77. The molecule has 1 aliphatic rings. The number of ether oxygens (including phenoxy) is 4. The van der Waals surface area contributed by atoms with Gasteiger partial charge in [0.2, 0.25) is 13.6 Å². The molecule has 1 aliphatic heterocycles. The highest BCUT2D eigenvalue weighted by Crippen LogP contribution is 2.32. The van der Waals surface area contributed by atoms with Crippen LogP contribution in [0.15, 0.2) is 18.2 Å². The summed E-state index contributed by atoms with van der Waals surface area (Å²) in [7, 11) is 1.43. The number of rotatable bonds is 6. The van der Waals surface area contributed by atoms with Gasteiger partial charge in [-0.1, -0.05) is 13.8 Å². The van der Waals surface area contributed by atoms with Gasteiger partial charge in [0.05, 0.1) is 12.0 Å². The number of hydrogen-bond donors (Lipinski definition) is 0. The maximum absolute atomic E-state index is 12.5. The zero-order chi connectivity index (χ0) is 18.6. The largest absolute Gasteiger partial charge is 0.454 e. The van der Waals surface area contributed by atoms with Crippen LogP contribution in [0.25, 0.3) is 0 Å². The molecule has 1 atom stereocenters. The van der Waals surface area contributed by atoms with Crippen molar-refractivity contribution in [1.82, 2.24) is 4.90 Å². The third-order valence-corrected chi connectivity index (χ3v) is 3.76. The van der Waals surface area contributed by atoms with Gasteiger partial charge in [-0.25, -0.2) is 4.79 Å². The van der Waals surface area contributed by atoms with Crippen LogP contribution in [0.2, 0.25) is 0 Å². The zero-order valence-electron chi connectivity index (χ0n) is 14.6. The van der Waals surface area contributed by atoms with Gasteiger partial charge < -0.3 is 23.8 Å². The Balaban J connectivity index is 1.92. The first-order chi connectivity index (χ1) is 11.8. The van der Waals surface area contributed by atoms with Crippen molar-refractivity contribution in [2.45, 2.75) is 26.8 Å². The molecule has 1 heterocycles. The molecule has 136 valence electrons. The molecule has 1 aromatic rings. The Bertz CT molecular complexity index is 671. The maximum atomic E-state index is 12.5. The number of carbonyl (C=O) groups is 3. The van der Waals surface area contributed by atoms with Gasteiger partial charge >= 0.3 is 12.1 Å². The first-order valence-electron chi connectivity index (χ1n) is 7.81. The van der Waals surface area contributed by atoms with E-state index in [1.807, 2.05) is 0 Å². The highest BCUT2D eigenvalue weighted by Gasteiger charge is 2.26. The fourth-order valence-corrected chi connectivity index (χ4v) is 2.03. The Morgan fingerprint density at radius 3 is 2.48 bits per heavy atom. The van der Waals surface area contributed by atoms with Crippen LogP contribution in [-0.2, 0) is 14.3 Å². The fraction of sp³-hybridized carbons (Fsp3) is 0.471. The van der Waals surface area contributed by atoms with Crippen molar-refractivity contribution in [3.8, 4) is 11.5 Å². The van der Waals surface area contributed by atoms with Crippen molar-refractivity contribution in [3.05, 3.63) is 23.8 Å². The lowest BCUT2D eigenvalue weighted by atomic mass is 10.0. The molecule has 0 spiro atoms. The predicted octanol–water partition coefficient (Wildman–Crippen LogP) is 2.21. The summed E-state index contributed by atoms with van der Waals surface area (Å²) in [4.78, 5) is 37.0. The monoisotopic (exact) mass is 351 g/mol. The lowest BCUT2D eigenvalue weighted by Crippen LogP contribution is -2.41. The van der Waals surface area contributed by atoms with Gasteiger partial charge in [-0.2, -0.15) is 0 Å². The SMILES string of the molecule is CC(C)C(=O)OCOC(=O)N(C)C(C)C(=O)c1ccc2c(c1)OCO2. The van der Waals surface area contributed by atoms with Crippen LogP contribution in [-0.4, -0.2) is 49.4 Å². The van der Waals surface area contributed by atoms with Gasteiger partial charge in [0.1, 0.15) is 0 Å². The second-order valence-corrected chi connectivity index (χ2v) is 5.87. The van der Waals surface area contributed by atoms with E-state index in [4.69, 9.17) is 18.9 Å². The zero-order valence-corrected chi connectivity index (χ0v) is 14.6. The molecule has 0 radical (unpaired) electrons. The number of esters is 1. The number of ketones is 1. The van der Waals surface area contributed by atoms with Crippen LogP contribution >= 0.6 is 0 Å². The van der Waals surface area contributed by atoms with E-state index in [9.17, 15) is 14.4 Å². The summed E-state index contributed by atoms with van der Waals surface area (Å²) in [6.07, 6.45) is -0.766. The summed E-state index contributed by atoms with van der Waals surface area (Å²) in [5, 5.41) is 0. The third-order valence-electron chi connectivity index (χ3n) is 3.76. The van der Waals surface area contributed by atoms with Crippen LogP contribution in [0.3, 0.4) is 0 Å². The fourth-order valence-electron chi connectivity index (χ4n) is 2.03. The van der Waals surface area contributed by atoms with Gasteiger partial charge in [-0.3, -0.25) is 9.59 Å². The van der Waals surface area contributed by atoms with Gasteiger partial charge in [-0.15, -0.1) is 0 Å². The molecule has 0 saturated carbocycles. The van der Waals surface area contributed by atoms with E-state index in [0.29, 0.717) is 17.1 Å². The molecular formula is C17H21NO7. The van der Waals surface area contributed by atoms with Gasteiger partial charge in [0, 0.05) is 12.6 Å². The first kappa shape index (κ1) is 18.6. The van der Waals surface area contributed by atoms with E-state index in [1.54, 1.807) is 39.0 Å². The Morgan fingerprint density at radius 2 is 1.80 bits per heavy atom. The minimum atomic E-state index is -0.770. The van der Waals surface area contributed by atoms with E-state index in [2.05, 4.69) is 0 Å². The minimum Gasteiger partial charge on any atom is -0.454 e. The molecule has 0 aliphatic carbocycles. The van der Waals surface area contributed by atoms with Crippen molar-refractivity contribution in [2.24, 2.45) is 5.92 Å². The number of benzene rings is 1. The van der Waals surface area contributed by atoms with E-state index >= 15 is 0 Å². The minimum absolute atomic E-state index is 0.115. The van der Waals surface area contributed by atoms with Crippen LogP contribution in [0.4, 0.5) is 4.79 Å². The molecule has 8 nitrogen and oxygen atoms in total. The molecule has 0 N–H and O–H groups in total. The van der Waals surface area contributed by atoms with Crippen molar-refractivity contribution >= 4 is 17.8 Å². The Kier molecular flexibility index (Phi) is 5.84. The maximum Gasteiger partial charge on any atom is 0.413 e. The smallest absolute Gasteiger partial charge is 0.413 e. The van der Waals surface area contributed by atoms with Crippen LogP contribution in [0, 0.1) is 5.92 Å².